The molecule has 7 nitrogen and oxygen atoms in total. The van der Waals surface area contributed by atoms with Crippen LogP contribution in [-0.2, 0) is 11.2 Å². The van der Waals surface area contributed by atoms with Crippen LogP contribution in [0.5, 0.6) is 5.75 Å². The predicted octanol–water partition coefficient (Wildman–Crippen LogP) is 3.97. The normalized spacial score (nSPS) is 15.7. The van der Waals surface area contributed by atoms with Crippen molar-refractivity contribution in [3.05, 3.63) is 89.9 Å². The Balaban J connectivity index is 1.48. The molecule has 0 spiro atoms. The lowest BCUT2D eigenvalue weighted by molar-refractivity contribution is -0.123. The summed E-state index contributed by atoms with van der Waals surface area (Å²) in [4.78, 5) is 28.5. The van der Waals surface area contributed by atoms with Gasteiger partial charge in [0, 0.05) is 13.0 Å². The van der Waals surface area contributed by atoms with E-state index in [-0.39, 0.29) is 17.7 Å². The number of hydrogen-bond acceptors (Lipinski definition) is 5. The van der Waals surface area contributed by atoms with Crippen molar-refractivity contribution in [1.82, 2.24) is 15.5 Å². The summed E-state index contributed by atoms with van der Waals surface area (Å²) < 4.78 is 10.5. The van der Waals surface area contributed by atoms with Gasteiger partial charge in [-0.15, -0.1) is 0 Å². The van der Waals surface area contributed by atoms with Crippen molar-refractivity contribution in [1.29, 1.82) is 0 Å². The van der Waals surface area contributed by atoms with Gasteiger partial charge in [-0.05, 0) is 61.3 Å². The standard InChI is InChI=1S/C28H33N3O4/c1-34-23-14-12-22(13-15-23)25(31-16-6-3-7-17-31)20-29-27(32)24(19-21-9-4-2-5-10-21)30-28(33)26-11-8-18-35-26/h2,4-5,8-15,18,24-25H,3,6-7,16-17,19-20H2,1H3,(H,29,32)(H,30,33)/t24-,25-/m0/s1. The van der Waals surface area contributed by atoms with E-state index in [9.17, 15) is 9.59 Å². The van der Waals surface area contributed by atoms with Crippen molar-refractivity contribution in [2.75, 3.05) is 26.7 Å². The summed E-state index contributed by atoms with van der Waals surface area (Å²) in [5.41, 5.74) is 2.10. The van der Waals surface area contributed by atoms with Gasteiger partial charge in [0.05, 0.1) is 19.4 Å². The Hall–Kier alpha value is -3.58. The van der Waals surface area contributed by atoms with Gasteiger partial charge >= 0.3 is 0 Å². The Bertz CT molecular complexity index is 1060. The minimum atomic E-state index is -0.729. The lowest BCUT2D eigenvalue weighted by Crippen LogP contribution is -2.50. The maximum absolute atomic E-state index is 13.4. The summed E-state index contributed by atoms with van der Waals surface area (Å²) in [6.07, 6.45) is 5.36. The molecule has 2 amide bonds. The molecule has 184 valence electrons. The molecule has 1 aliphatic heterocycles. The van der Waals surface area contributed by atoms with Crippen LogP contribution in [0.2, 0.25) is 0 Å². The number of methoxy groups -OCH3 is 1. The van der Waals surface area contributed by atoms with Crippen molar-refractivity contribution in [3.63, 3.8) is 0 Å². The van der Waals surface area contributed by atoms with E-state index in [0.717, 1.165) is 42.8 Å². The lowest BCUT2D eigenvalue weighted by atomic mass is 10.0. The molecule has 2 atom stereocenters. The lowest BCUT2D eigenvalue weighted by Gasteiger charge is -2.35. The van der Waals surface area contributed by atoms with Crippen LogP contribution in [-0.4, -0.2) is 49.5 Å². The summed E-state index contributed by atoms with van der Waals surface area (Å²) in [5, 5.41) is 5.97. The SMILES string of the molecule is COc1ccc([C@H](CNC(=O)[C@H](Cc2ccccc2)NC(=O)c2ccco2)N2CCCCC2)cc1. The molecule has 1 aliphatic rings. The molecule has 4 rings (SSSR count). The van der Waals surface area contributed by atoms with Gasteiger partial charge in [0.1, 0.15) is 11.8 Å². The summed E-state index contributed by atoms with van der Waals surface area (Å²) in [7, 11) is 1.65. The third kappa shape index (κ3) is 6.73. The summed E-state index contributed by atoms with van der Waals surface area (Å²) in [5.74, 6) is 0.358. The first-order valence-corrected chi connectivity index (χ1v) is 12.2. The van der Waals surface area contributed by atoms with E-state index in [2.05, 4.69) is 27.7 Å². The zero-order valence-corrected chi connectivity index (χ0v) is 20.1. The molecule has 1 saturated heterocycles. The van der Waals surface area contributed by atoms with Crippen molar-refractivity contribution >= 4 is 11.8 Å². The Morgan fingerprint density at radius 3 is 2.37 bits per heavy atom. The predicted molar refractivity (Wildman–Crippen MR) is 134 cm³/mol. The average Bonchev–Trinajstić information content (AvgIpc) is 3.45. The van der Waals surface area contributed by atoms with Crippen molar-refractivity contribution in [3.8, 4) is 5.75 Å². The molecule has 2 aromatic carbocycles. The van der Waals surface area contributed by atoms with E-state index in [1.165, 1.54) is 12.7 Å². The Morgan fingerprint density at radius 2 is 1.71 bits per heavy atom. The van der Waals surface area contributed by atoms with Gasteiger partial charge in [-0.3, -0.25) is 14.5 Å². The van der Waals surface area contributed by atoms with E-state index < -0.39 is 11.9 Å². The number of ether oxygens (including phenoxy) is 1. The molecular formula is C28H33N3O4. The first-order valence-electron chi connectivity index (χ1n) is 12.2. The molecule has 1 aromatic heterocycles. The molecule has 0 aliphatic carbocycles. The van der Waals surface area contributed by atoms with E-state index in [0.29, 0.717) is 13.0 Å². The summed E-state index contributed by atoms with van der Waals surface area (Å²) in [6.45, 7) is 2.44. The molecule has 2 heterocycles. The van der Waals surface area contributed by atoms with Gasteiger partial charge < -0.3 is 19.8 Å². The van der Waals surface area contributed by atoms with E-state index in [4.69, 9.17) is 9.15 Å². The zero-order valence-electron chi connectivity index (χ0n) is 20.1. The van der Waals surface area contributed by atoms with Crippen LogP contribution in [0.15, 0.2) is 77.4 Å². The van der Waals surface area contributed by atoms with Gasteiger partial charge in [-0.25, -0.2) is 0 Å². The van der Waals surface area contributed by atoms with Crippen LogP contribution >= 0.6 is 0 Å². The van der Waals surface area contributed by atoms with Gasteiger partial charge in [0.25, 0.3) is 5.91 Å². The fraction of sp³-hybridized carbons (Fsp3) is 0.357. The maximum Gasteiger partial charge on any atom is 0.287 e. The van der Waals surface area contributed by atoms with Crippen LogP contribution in [0.4, 0.5) is 0 Å². The number of furan rings is 1. The van der Waals surface area contributed by atoms with Crippen LogP contribution < -0.4 is 15.4 Å². The van der Waals surface area contributed by atoms with Gasteiger partial charge in [0.2, 0.25) is 5.91 Å². The number of likely N-dealkylation sites (tertiary alicyclic amines) is 1. The molecule has 0 radical (unpaired) electrons. The molecule has 1 fully saturated rings. The highest BCUT2D eigenvalue weighted by molar-refractivity contribution is 5.95. The van der Waals surface area contributed by atoms with Crippen LogP contribution in [0.25, 0.3) is 0 Å². The van der Waals surface area contributed by atoms with E-state index in [1.807, 2.05) is 42.5 Å². The van der Waals surface area contributed by atoms with Gasteiger partial charge in [0.15, 0.2) is 5.76 Å². The van der Waals surface area contributed by atoms with Crippen molar-refractivity contribution in [2.45, 2.75) is 37.8 Å². The third-order valence-corrected chi connectivity index (χ3v) is 6.45. The van der Waals surface area contributed by atoms with Gasteiger partial charge in [-0.2, -0.15) is 0 Å². The number of piperidine rings is 1. The smallest absolute Gasteiger partial charge is 0.287 e. The summed E-state index contributed by atoms with van der Waals surface area (Å²) in [6, 6.07) is 20.3. The third-order valence-electron chi connectivity index (χ3n) is 6.45. The fourth-order valence-electron chi connectivity index (χ4n) is 4.53. The molecule has 0 unspecified atom stereocenters. The zero-order chi connectivity index (χ0) is 24.5. The molecule has 0 saturated carbocycles. The number of rotatable bonds is 10. The largest absolute Gasteiger partial charge is 0.497 e. The van der Waals surface area contributed by atoms with Crippen LogP contribution in [0.3, 0.4) is 0 Å². The second kappa shape index (κ2) is 12.2. The van der Waals surface area contributed by atoms with Crippen molar-refractivity contribution in [2.24, 2.45) is 0 Å². The van der Waals surface area contributed by atoms with Gasteiger partial charge in [-0.1, -0.05) is 48.9 Å². The maximum atomic E-state index is 13.4. The molecule has 0 bridgehead atoms. The van der Waals surface area contributed by atoms with Crippen molar-refractivity contribution < 1.29 is 18.7 Å². The van der Waals surface area contributed by atoms with E-state index in [1.54, 1.807) is 19.2 Å². The molecule has 7 heteroatoms. The molecular weight excluding hydrogens is 442 g/mol. The summed E-state index contributed by atoms with van der Waals surface area (Å²) >= 11 is 0. The fourth-order valence-corrected chi connectivity index (χ4v) is 4.53. The minimum Gasteiger partial charge on any atom is -0.497 e. The number of benzene rings is 2. The topological polar surface area (TPSA) is 83.8 Å². The number of amides is 2. The first-order chi connectivity index (χ1) is 17.1. The Morgan fingerprint density at radius 1 is 0.971 bits per heavy atom. The Labute approximate surface area is 206 Å². The number of nitrogens with one attached hydrogen (secondary N) is 2. The quantitative estimate of drug-likeness (QED) is 0.464. The minimum absolute atomic E-state index is 0.0447. The highest BCUT2D eigenvalue weighted by atomic mass is 16.5. The molecule has 2 N–H and O–H groups in total. The first kappa shape index (κ1) is 24.5. The van der Waals surface area contributed by atoms with Crippen LogP contribution in [0.1, 0.15) is 47.0 Å². The number of carbonyl (C=O) groups is 2. The molecule has 35 heavy (non-hydrogen) atoms. The van der Waals surface area contributed by atoms with E-state index >= 15 is 0 Å². The average molecular weight is 476 g/mol. The monoisotopic (exact) mass is 475 g/mol. The second-order valence-electron chi connectivity index (χ2n) is 8.82. The number of nitrogens with zero attached hydrogens (tertiary/aromatic N) is 1. The second-order valence-corrected chi connectivity index (χ2v) is 8.82. The Kier molecular flexibility index (Phi) is 8.57. The highest BCUT2D eigenvalue weighted by Crippen LogP contribution is 2.26. The number of carbonyl (C=O) groups excluding carboxylic acids is 2. The van der Waals surface area contributed by atoms with Crippen LogP contribution in [0, 0.1) is 0 Å². The molecule has 3 aromatic rings. The highest BCUT2D eigenvalue weighted by Gasteiger charge is 2.27. The number of hydrogen-bond donors (Lipinski definition) is 2.